The second kappa shape index (κ2) is 8.08. The summed E-state index contributed by atoms with van der Waals surface area (Å²) in [6, 6.07) is 9.68. The van der Waals surface area contributed by atoms with Crippen molar-refractivity contribution in [3.8, 4) is 0 Å². The van der Waals surface area contributed by atoms with Gasteiger partial charge in [-0.3, -0.25) is 19.5 Å². The minimum atomic E-state index is -3.97. The number of benzene rings is 2. The van der Waals surface area contributed by atoms with Gasteiger partial charge in [0.1, 0.15) is 0 Å². The molecule has 0 aliphatic rings. The molecule has 0 saturated carbocycles. The summed E-state index contributed by atoms with van der Waals surface area (Å²) in [5.74, 6) is 0.0819. The fraction of sp³-hybridized carbons (Fsp3) is 0.0625. The van der Waals surface area contributed by atoms with Gasteiger partial charge < -0.3 is 0 Å². The molecule has 146 valence electrons. The van der Waals surface area contributed by atoms with Crippen LogP contribution in [0.1, 0.15) is 5.56 Å². The lowest BCUT2D eigenvalue weighted by Gasteiger charge is -2.06. The van der Waals surface area contributed by atoms with Gasteiger partial charge in [-0.15, -0.1) is 0 Å². The first-order valence-corrected chi connectivity index (χ1v) is 10.6. The van der Waals surface area contributed by atoms with Crippen molar-refractivity contribution in [2.24, 2.45) is 0 Å². The van der Waals surface area contributed by atoms with Crippen LogP contribution in [-0.2, 0) is 16.6 Å². The van der Waals surface area contributed by atoms with Crippen molar-refractivity contribution >= 4 is 60.7 Å². The second-order valence-corrected chi connectivity index (χ2v) is 8.98. The van der Waals surface area contributed by atoms with Gasteiger partial charge in [0, 0.05) is 18.3 Å². The molecular formula is C16H11BrCl2N4O4S. The molecule has 0 radical (unpaired) electrons. The number of non-ortho nitro benzene ring substituents is 1. The van der Waals surface area contributed by atoms with E-state index >= 15 is 0 Å². The van der Waals surface area contributed by atoms with Gasteiger partial charge in [-0.25, -0.2) is 8.42 Å². The Kier molecular flexibility index (Phi) is 5.94. The van der Waals surface area contributed by atoms with E-state index in [2.05, 4.69) is 25.8 Å². The summed E-state index contributed by atoms with van der Waals surface area (Å²) in [5.41, 5.74) is 0.625. The highest BCUT2D eigenvalue weighted by molar-refractivity contribution is 9.10. The molecule has 2 aromatic carbocycles. The van der Waals surface area contributed by atoms with Crippen LogP contribution in [0.15, 0.2) is 58.0 Å². The highest BCUT2D eigenvalue weighted by Gasteiger charge is 2.19. The summed E-state index contributed by atoms with van der Waals surface area (Å²) in [5, 5.41) is 15.7. The topological polar surface area (TPSA) is 107 Å². The zero-order valence-corrected chi connectivity index (χ0v) is 17.8. The van der Waals surface area contributed by atoms with Crippen LogP contribution in [0.2, 0.25) is 10.0 Å². The van der Waals surface area contributed by atoms with E-state index in [1.54, 1.807) is 24.4 Å². The number of rotatable bonds is 6. The molecule has 0 atom stereocenters. The first-order valence-electron chi connectivity index (χ1n) is 7.60. The van der Waals surface area contributed by atoms with Crippen LogP contribution in [0.5, 0.6) is 0 Å². The van der Waals surface area contributed by atoms with Crippen molar-refractivity contribution in [2.45, 2.75) is 11.4 Å². The smallest absolute Gasteiger partial charge is 0.265 e. The number of halogens is 3. The summed E-state index contributed by atoms with van der Waals surface area (Å²) in [6.07, 6.45) is 1.61. The molecule has 0 bridgehead atoms. The molecule has 1 aromatic heterocycles. The molecule has 28 heavy (non-hydrogen) atoms. The number of aromatic nitrogens is 2. The van der Waals surface area contributed by atoms with Crippen molar-refractivity contribution in [1.29, 1.82) is 0 Å². The van der Waals surface area contributed by atoms with E-state index in [-0.39, 0.29) is 16.4 Å². The molecule has 8 nitrogen and oxygen atoms in total. The maximum Gasteiger partial charge on any atom is 0.269 e. The molecule has 3 rings (SSSR count). The fourth-order valence-electron chi connectivity index (χ4n) is 2.31. The molecule has 1 heterocycles. The molecule has 3 aromatic rings. The first-order chi connectivity index (χ1) is 13.2. The Morgan fingerprint density at radius 1 is 1.14 bits per heavy atom. The zero-order valence-electron chi connectivity index (χ0n) is 13.8. The molecule has 0 unspecified atom stereocenters. The lowest BCUT2D eigenvalue weighted by atomic mass is 10.2. The van der Waals surface area contributed by atoms with E-state index in [1.807, 2.05) is 0 Å². The van der Waals surface area contributed by atoms with E-state index < -0.39 is 14.9 Å². The van der Waals surface area contributed by atoms with Gasteiger partial charge in [-0.1, -0.05) is 29.3 Å². The lowest BCUT2D eigenvalue weighted by Crippen LogP contribution is -2.14. The minimum Gasteiger partial charge on any atom is -0.265 e. The maximum absolute atomic E-state index is 12.5. The second-order valence-electron chi connectivity index (χ2n) is 5.63. The van der Waals surface area contributed by atoms with Gasteiger partial charge >= 0.3 is 0 Å². The molecule has 1 N–H and O–H groups in total. The third kappa shape index (κ3) is 4.64. The summed E-state index contributed by atoms with van der Waals surface area (Å²) >= 11 is 15.2. The number of nitrogens with zero attached hydrogens (tertiary/aromatic N) is 3. The van der Waals surface area contributed by atoms with Crippen molar-refractivity contribution in [2.75, 3.05) is 4.72 Å². The van der Waals surface area contributed by atoms with Gasteiger partial charge in [-0.05, 0) is 45.8 Å². The zero-order chi connectivity index (χ0) is 20.5. The van der Waals surface area contributed by atoms with Crippen molar-refractivity contribution < 1.29 is 13.3 Å². The number of hydrogen-bond donors (Lipinski definition) is 1. The third-order valence-corrected chi connectivity index (χ3v) is 6.31. The molecule has 0 spiro atoms. The van der Waals surface area contributed by atoms with E-state index in [0.717, 1.165) is 29.8 Å². The number of sulfonamides is 1. The Morgan fingerprint density at radius 2 is 1.82 bits per heavy atom. The quantitative estimate of drug-likeness (QED) is 0.385. The van der Waals surface area contributed by atoms with Crippen molar-refractivity contribution in [1.82, 2.24) is 9.78 Å². The molecule has 0 aliphatic heterocycles. The van der Waals surface area contributed by atoms with Gasteiger partial charge in [0.25, 0.3) is 15.7 Å². The maximum atomic E-state index is 12.5. The Labute approximate surface area is 178 Å². The molecule has 0 amide bonds. The minimum absolute atomic E-state index is 0.0819. The predicted molar refractivity (Wildman–Crippen MR) is 109 cm³/mol. The molecule has 12 heteroatoms. The third-order valence-electron chi connectivity index (χ3n) is 3.63. The number of nitrogens with one attached hydrogen (secondary N) is 1. The SMILES string of the molecule is O=[N+]([O-])c1ccc(S(=O)(=O)Nc2nn(Cc3ccc(Cl)c(Cl)c3)cc2Br)cc1. The summed E-state index contributed by atoms with van der Waals surface area (Å²) in [7, 11) is -3.97. The lowest BCUT2D eigenvalue weighted by molar-refractivity contribution is -0.384. The summed E-state index contributed by atoms with van der Waals surface area (Å²) in [6.45, 7) is 0.342. The van der Waals surface area contributed by atoms with Gasteiger partial charge in [-0.2, -0.15) is 5.10 Å². The number of nitro groups is 1. The molecule has 0 saturated heterocycles. The number of hydrogen-bond acceptors (Lipinski definition) is 5. The number of nitro benzene ring substituents is 1. The highest BCUT2D eigenvalue weighted by atomic mass is 79.9. The monoisotopic (exact) mass is 504 g/mol. The van der Waals surface area contributed by atoms with Crippen LogP contribution in [0.25, 0.3) is 0 Å². The van der Waals surface area contributed by atoms with Crippen LogP contribution in [-0.4, -0.2) is 23.1 Å². The van der Waals surface area contributed by atoms with Gasteiger partial charge in [0.05, 0.1) is 30.9 Å². The number of anilines is 1. The normalized spacial score (nSPS) is 11.4. The fourth-order valence-corrected chi connectivity index (χ4v) is 4.19. The Balaban J connectivity index is 1.80. The largest absolute Gasteiger partial charge is 0.269 e. The van der Waals surface area contributed by atoms with Crippen molar-refractivity contribution in [3.63, 3.8) is 0 Å². The average Bonchev–Trinajstić information content (AvgIpc) is 2.96. The van der Waals surface area contributed by atoms with Crippen LogP contribution < -0.4 is 4.72 Å². The predicted octanol–water partition coefficient (Wildman–Crippen LogP) is 4.71. The van der Waals surface area contributed by atoms with E-state index in [9.17, 15) is 18.5 Å². The Morgan fingerprint density at radius 3 is 2.43 bits per heavy atom. The van der Waals surface area contributed by atoms with E-state index in [1.165, 1.54) is 4.68 Å². The van der Waals surface area contributed by atoms with Crippen LogP contribution >= 0.6 is 39.1 Å². The molecular weight excluding hydrogens is 495 g/mol. The van der Waals surface area contributed by atoms with Crippen LogP contribution in [0.4, 0.5) is 11.5 Å². The molecule has 0 aliphatic carbocycles. The van der Waals surface area contributed by atoms with E-state index in [0.29, 0.717) is 21.1 Å². The molecule has 0 fully saturated rings. The summed E-state index contributed by atoms with van der Waals surface area (Å²) < 4.78 is 29.3. The van der Waals surface area contributed by atoms with Gasteiger partial charge in [0.2, 0.25) is 0 Å². The Hall–Kier alpha value is -2.14. The van der Waals surface area contributed by atoms with E-state index in [4.69, 9.17) is 23.2 Å². The van der Waals surface area contributed by atoms with Crippen LogP contribution in [0.3, 0.4) is 0 Å². The average molecular weight is 506 g/mol. The van der Waals surface area contributed by atoms with Crippen LogP contribution in [0, 0.1) is 10.1 Å². The first kappa shape index (κ1) is 20.6. The summed E-state index contributed by atoms with van der Waals surface area (Å²) in [4.78, 5) is 9.97. The Bertz CT molecular complexity index is 1150. The van der Waals surface area contributed by atoms with Gasteiger partial charge in [0.15, 0.2) is 5.82 Å². The highest BCUT2D eigenvalue weighted by Crippen LogP contribution is 2.26. The standard InChI is InChI=1S/C16H11BrCl2N4O4S/c17-13-9-22(8-10-1-6-14(18)15(19)7-10)20-16(13)21-28(26,27)12-4-2-11(3-5-12)23(24)25/h1-7,9H,8H2,(H,20,21). The van der Waals surface area contributed by atoms with Crippen molar-refractivity contribution in [3.05, 3.63) is 78.9 Å².